The number of benzene rings is 2. The zero-order valence-electron chi connectivity index (χ0n) is 16.6. The highest BCUT2D eigenvalue weighted by atomic mass is 16.5. The van der Waals surface area contributed by atoms with Crippen LogP contribution in [0, 0.1) is 6.92 Å². The van der Waals surface area contributed by atoms with Gasteiger partial charge in [0.15, 0.2) is 0 Å². The molecule has 2 aromatic rings. The third-order valence-electron chi connectivity index (χ3n) is 5.69. The summed E-state index contributed by atoms with van der Waals surface area (Å²) in [5.41, 5.74) is 4.35. The molecule has 0 aliphatic heterocycles. The standard InChI is InChI=1S/C23H30N2O2/c1-4-18-9-7-8-17(2)22(18)25-21(26)16-24-23(14-5-6-15-23)19-10-12-20(27-3)13-11-19/h7-13,24H,4-6,14-16H2,1-3H3,(H,25,26). The zero-order chi connectivity index (χ0) is 19.3. The van der Waals surface area contributed by atoms with Crippen LogP contribution in [0.2, 0.25) is 0 Å². The molecule has 27 heavy (non-hydrogen) atoms. The van der Waals surface area contributed by atoms with E-state index in [2.05, 4.69) is 35.8 Å². The van der Waals surface area contributed by atoms with E-state index in [-0.39, 0.29) is 11.4 Å². The summed E-state index contributed by atoms with van der Waals surface area (Å²) >= 11 is 0. The van der Waals surface area contributed by atoms with Crippen LogP contribution < -0.4 is 15.4 Å². The Hall–Kier alpha value is -2.33. The van der Waals surface area contributed by atoms with Crippen molar-refractivity contribution < 1.29 is 9.53 Å². The second-order valence-corrected chi connectivity index (χ2v) is 7.38. The number of ether oxygens (including phenoxy) is 1. The number of methoxy groups -OCH3 is 1. The van der Waals surface area contributed by atoms with Crippen molar-refractivity contribution in [1.82, 2.24) is 5.32 Å². The van der Waals surface area contributed by atoms with Gasteiger partial charge in [-0.1, -0.05) is 50.1 Å². The summed E-state index contributed by atoms with van der Waals surface area (Å²) in [7, 11) is 1.68. The molecule has 1 aliphatic rings. The second kappa shape index (κ2) is 8.57. The van der Waals surface area contributed by atoms with Gasteiger partial charge < -0.3 is 10.1 Å². The highest BCUT2D eigenvalue weighted by molar-refractivity contribution is 5.93. The lowest BCUT2D eigenvalue weighted by molar-refractivity contribution is -0.115. The van der Waals surface area contributed by atoms with Crippen LogP contribution in [-0.4, -0.2) is 19.6 Å². The average Bonchev–Trinajstić information content (AvgIpc) is 3.18. The minimum Gasteiger partial charge on any atom is -0.497 e. The number of nitrogens with one attached hydrogen (secondary N) is 2. The number of hydrogen-bond donors (Lipinski definition) is 2. The van der Waals surface area contributed by atoms with Gasteiger partial charge in [-0.15, -0.1) is 0 Å². The summed E-state index contributed by atoms with van der Waals surface area (Å²) in [5.74, 6) is 0.870. The zero-order valence-corrected chi connectivity index (χ0v) is 16.6. The van der Waals surface area contributed by atoms with Gasteiger partial charge in [-0.25, -0.2) is 0 Å². The number of para-hydroxylation sites is 1. The van der Waals surface area contributed by atoms with Crippen molar-refractivity contribution in [2.45, 2.75) is 51.5 Å². The summed E-state index contributed by atoms with van der Waals surface area (Å²) in [6, 6.07) is 14.4. The molecule has 1 saturated carbocycles. The summed E-state index contributed by atoms with van der Waals surface area (Å²) in [5, 5.41) is 6.69. The number of anilines is 1. The number of amides is 1. The Kier molecular flexibility index (Phi) is 6.17. The van der Waals surface area contributed by atoms with Gasteiger partial charge in [-0.05, 0) is 55.0 Å². The third-order valence-corrected chi connectivity index (χ3v) is 5.69. The van der Waals surface area contributed by atoms with Gasteiger partial charge in [-0.3, -0.25) is 10.1 Å². The van der Waals surface area contributed by atoms with Crippen molar-refractivity contribution in [1.29, 1.82) is 0 Å². The first-order valence-corrected chi connectivity index (χ1v) is 9.86. The first kappa shape index (κ1) is 19.4. The van der Waals surface area contributed by atoms with Crippen LogP contribution in [0.25, 0.3) is 0 Å². The van der Waals surface area contributed by atoms with Crippen LogP contribution in [0.15, 0.2) is 42.5 Å². The largest absolute Gasteiger partial charge is 0.497 e. The molecule has 0 heterocycles. The maximum atomic E-state index is 12.7. The summed E-state index contributed by atoms with van der Waals surface area (Å²) in [6.45, 7) is 4.46. The molecule has 1 amide bonds. The molecular weight excluding hydrogens is 336 g/mol. The molecule has 0 unspecified atom stereocenters. The quantitative estimate of drug-likeness (QED) is 0.755. The van der Waals surface area contributed by atoms with Crippen LogP contribution in [0.1, 0.15) is 49.3 Å². The fourth-order valence-corrected chi connectivity index (χ4v) is 4.09. The van der Waals surface area contributed by atoms with Crippen molar-refractivity contribution in [2.75, 3.05) is 19.0 Å². The van der Waals surface area contributed by atoms with Crippen molar-refractivity contribution >= 4 is 11.6 Å². The normalized spacial score (nSPS) is 15.5. The summed E-state index contributed by atoms with van der Waals surface area (Å²) in [4.78, 5) is 12.7. The van der Waals surface area contributed by atoms with Gasteiger partial charge in [0, 0.05) is 11.2 Å². The van der Waals surface area contributed by atoms with E-state index in [0.29, 0.717) is 6.54 Å². The number of aryl methyl sites for hydroxylation is 2. The van der Waals surface area contributed by atoms with E-state index in [1.54, 1.807) is 7.11 Å². The Morgan fingerprint density at radius 3 is 2.44 bits per heavy atom. The number of carbonyl (C=O) groups is 1. The minimum atomic E-state index is -0.122. The lowest BCUT2D eigenvalue weighted by Crippen LogP contribution is -2.44. The minimum absolute atomic E-state index is 0.0128. The fourth-order valence-electron chi connectivity index (χ4n) is 4.09. The lowest BCUT2D eigenvalue weighted by atomic mass is 9.88. The van der Waals surface area contributed by atoms with Crippen LogP contribution in [0.4, 0.5) is 5.69 Å². The van der Waals surface area contributed by atoms with E-state index in [1.165, 1.54) is 24.0 Å². The van der Waals surface area contributed by atoms with Gasteiger partial charge in [0.1, 0.15) is 5.75 Å². The SMILES string of the molecule is CCc1cccc(C)c1NC(=O)CNC1(c2ccc(OC)cc2)CCCC1. The smallest absolute Gasteiger partial charge is 0.238 e. The van der Waals surface area contributed by atoms with E-state index in [4.69, 9.17) is 4.74 Å². The van der Waals surface area contributed by atoms with Crippen LogP contribution in [0.3, 0.4) is 0 Å². The van der Waals surface area contributed by atoms with Gasteiger partial charge in [0.05, 0.1) is 13.7 Å². The summed E-state index contributed by atoms with van der Waals surface area (Å²) in [6.07, 6.45) is 5.37. The molecule has 0 atom stereocenters. The molecular formula is C23H30N2O2. The van der Waals surface area contributed by atoms with Crippen molar-refractivity contribution in [3.8, 4) is 5.75 Å². The predicted molar refractivity (Wildman–Crippen MR) is 110 cm³/mol. The van der Waals surface area contributed by atoms with Crippen molar-refractivity contribution in [2.24, 2.45) is 0 Å². The Labute approximate surface area is 162 Å². The molecule has 3 rings (SSSR count). The third kappa shape index (κ3) is 4.33. The maximum absolute atomic E-state index is 12.7. The number of hydrogen-bond acceptors (Lipinski definition) is 3. The molecule has 0 aromatic heterocycles. The van der Waals surface area contributed by atoms with E-state index in [1.807, 2.05) is 31.2 Å². The van der Waals surface area contributed by atoms with Gasteiger partial charge in [-0.2, -0.15) is 0 Å². The molecule has 0 bridgehead atoms. The molecule has 0 saturated heterocycles. The van der Waals surface area contributed by atoms with Crippen LogP contribution in [-0.2, 0) is 16.8 Å². The molecule has 2 N–H and O–H groups in total. The molecule has 2 aromatic carbocycles. The molecule has 144 valence electrons. The molecule has 4 heteroatoms. The number of carbonyl (C=O) groups excluding carboxylic acids is 1. The Bertz CT molecular complexity index is 777. The van der Waals surface area contributed by atoms with E-state index in [0.717, 1.165) is 36.3 Å². The van der Waals surface area contributed by atoms with Crippen molar-refractivity contribution in [3.05, 3.63) is 59.2 Å². The van der Waals surface area contributed by atoms with Crippen LogP contribution in [0.5, 0.6) is 5.75 Å². The second-order valence-electron chi connectivity index (χ2n) is 7.38. The van der Waals surface area contributed by atoms with Gasteiger partial charge in [0.25, 0.3) is 0 Å². The van der Waals surface area contributed by atoms with Crippen molar-refractivity contribution in [3.63, 3.8) is 0 Å². The average molecular weight is 367 g/mol. The topological polar surface area (TPSA) is 50.4 Å². The van der Waals surface area contributed by atoms with E-state index in [9.17, 15) is 4.79 Å². The highest BCUT2D eigenvalue weighted by Crippen LogP contribution is 2.39. The highest BCUT2D eigenvalue weighted by Gasteiger charge is 2.35. The van der Waals surface area contributed by atoms with Gasteiger partial charge >= 0.3 is 0 Å². The Morgan fingerprint density at radius 2 is 1.81 bits per heavy atom. The molecule has 1 fully saturated rings. The lowest BCUT2D eigenvalue weighted by Gasteiger charge is -2.31. The monoisotopic (exact) mass is 366 g/mol. The Morgan fingerprint density at radius 1 is 1.11 bits per heavy atom. The van der Waals surface area contributed by atoms with Gasteiger partial charge in [0.2, 0.25) is 5.91 Å². The maximum Gasteiger partial charge on any atom is 0.238 e. The summed E-state index contributed by atoms with van der Waals surface area (Å²) < 4.78 is 5.28. The van der Waals surface area contributed by atoms with E-state index >= 15 is 0 Å². The molecule has 0 spiro atoms. The molecule has 0 radical (unpaired) electrons. The fraction of sp³-hybridized carbons (Fsp3) is 0.435. The molecule has 1 aliphatic carbocycles. The predicted octanol–water partition coefficient (Wildman–Crippen LogP) is 4.56. The Balaban J connectivity index is 1.70. The van der Waals surface area contributed by atoms with Crippen LogP contribution >= 0.6 is 0 Å². The molecule has 4 nitrogen and oxygen atoms in total. The first-order chi connectivity index (χ1) is 13.1. The first-order valence-electron chi connectivity index (χ1n) is 9.86. The number of rotatable bonds is 7. The van der Waals surface area contributed by atoms with E-state index < -0.39 is 0 Å².